The van der Waals surface area contributed by atoms with Crippen LogP contribution >= 0.6 is 0 Å². The van der Waals surface area contributed by atoms with Crippen LogP contribution in [0.25, 0.3) is 0 Å². The third-order valence-electron chi connectivity index (χ3n) is 3.60. The van der Waals surface area contributed by atoms with Crippen molar-refractivity contribution in [1.29, 1.82) is 0 Å². The van der Waals surface area contributed by atoms with Gasteiger partial charge in [-0.15, -0.1) is 0 Å². The molecule has 0 fully saturated rings. The van der Waals surface area contributed by atoms with E-state index in [1.165, 1.54) is 0 Å². The topological polar surface area (TPSA) is 55.1 Å². The van der Waals surface area contributed by atoms with Crippen LogP contribution < -0.4 is 0 Å². The highest BCUT2D eigenvalue weighted by Gasteiger charge is 2.33. The first-order chi connectivity index (χ1) is 8.42. The summed E-state index contributed by atoms with van der Waals surface area (Å²) < 4.78 is 1.92. The molecule has 0 aliphatic rings. The minimum atomic E-state index is -0.734. The lowest BCUT2D eigenvalue weighted by atomic mass is 9.81. The number of hydrogen-bond acceptors (Lipinski definition) is 2. The van der Waals surface area contributed by atoms with Crippen LogP contribution in [0.1, 0.15) is 58.7 Å². The van der Waals surface area contributed by atoms with Crippen molar-refractivity contribution < 1.29 is 9.90 Å². The van der Waals surface area contributed by atoms with Crippen molar-refractivity contribution in [3.63, 3.8) is 0 Å². The van der Waals surface area contributed by atoms with Crippen LogP contribution in [-0.4, -0.2) is 20.9 Å². The number of carboxylic acid groups (broad SMARTS) is 1. The summed E-state index contributed by atoms with van der Waals surface area (Å²) in [5, 5.41) is 13.8. The lowest BCUT2D eigenvalue weighted by Crippen LogP contribution is -2.30. The van der Waals surface area contributed by atoms with E-state index in [4.69, 9.17) is 0 Å². The lowest BCUT2D eigenvalue weighted by Gasteiger charge is -2.23. The molecule has 1 heterocycles. The molecule has 0 aliphatic carbocycles. The monoisotopic (exact) mass is 252 g/mol. The van der Waals surface area contributed by atoms with Crippen LogP contribution in [0.3, 0.4) is 0 Å². The molecule has 4 nitrogen and oxygen atoms in total. The van der Waals surface area contributed by atoms with Crippen LogP contribution in [0.2, 0.25) is 0 Å². The van der Waals surface area contributed by atoms with E-state index in [0.717, 1.165) is 18.5 Å². The average molecular weight is 252 g/mol. The third kappa shape index (κ3) is 3.34. The molecular weight excluding hydrogens is 228 g/mol. The Bertz CT molecular complexity index is 400. The summed E-state index contributed by atoms with van der Waals surface area (Å²) in [6.45, 7) is 8.05. The van der Waals surface area contributed by atoms with Crippen LogP contribution in [0.15, 0.2) is 12.3 Å². The van der Waals surface area contributed by atoms with E-state index in [9.17, 15) is 9.90 Å². The zero-order chi connectivity index (χ0) is 13.8. The SMILES string of the molecule is CCCC(C)(Cc1ccn(C(C)CC)n1)C(=O)O. The van der Waals surface area contributed by atoms with Crippen molar-refractivity contribution >= 4 is 5.97 Å². The summed E-state index contributed by atoms with van der Waals surface area (Å²) in [4.78, 5) is 11.4. The summed E-state index contributed by atoms with van der Waals surface area (Å²) in [5.41, 5.74) is 0.164. The second kappa shape index (κ2) is 6.03. The Morgan fingerprint density at radius 3 is 2.72 bits per heavy atom. The van der Waals surface area contributed by atoms with Crippen molar-refractivity contribution in [1.82, 2.24) is 9.78 Å². The van der Waals surface area contributed by atoms with Gasteiger partial charge in [-0.1, -0.05) is 20.3 Å². The van der Waals surface area contributed by atoms with Gasteiger partial charge in [-0.05, 0) is 32.8 Å². The van der Waals surface area contributed by atoms with Gasteiger partial charge in [-0.3, -0.25) is 9.48 Å². The summed E-state index contributed by atoms with van der Waals surface area (Å²) in [7, 11) is 0. The first-order valence-corrected chi connectivity index (χ1v) is 6.70. The van der Waals surface area contributed by atoms with Crippen LogP contribution in [0, 0.1) is 5.41 Å². The van der Waals surface area contributed by atoms with E-state index >= 15 is 0 Å². The fourth-order valence-electron chi connectivity index (χ4n) is 2.13. The quantitative estimate of drug-likeness (QED) is 0.810. The number of carboxylic acids is 1. The van der Waals surface area contributed by atoms with Gasteiger partial charge in [0.2, 0.25) is 0 Å². The van der Waals surface area contributed by atoms with Crippen LogP contribution in [0.4, 0.5) is 0 Å². The zero-order valence-corrected chi connectivity index (χ0v) is 11.8. The van der Waals surface area contributed by atoms with Gasteiger partial charge >= 0.3 is 5.97 Å². The predicted octanol–water partition coefficient (Wildman–Crippen LogP) is 3.29. The standard InChI is InChI=1S/C14H24N2O2/c1-5-8-14(4,13(17)18)10-12-7-9-16(15-12)11(3)6-2/h7,9,11H,5-6,8,10H2,1-4H3,(H,17,18). The van der Waals surface area contributed by atoms with Gasteiger partial charge in [0.05, 0.1) is 11.1 Å². The largest absolute Gasteiger partial charge is 0.481 e. The molecule has 102 valence electrons. The van der Waals surface area contributed by atoms with E-state index < -0.39 is 11.4 Å². The Morgan fingerprint density at radius 2 is 2.22 bits per heavy atom. The molecule has 1 aromatic heterocycles. The minimum absolute atomic E-state index is 0.362. The summed E-state index contributed by atoms with van der Waals surface area (Å²) in [6.07, 6.45) is 5.01. The number of carbonyl (C=O) groups is 1. The molecule has 0 spiro atoms. The van der Waals surface area contributed by atoms with Gasteiger partial charge in [-0.25, -0.2) is 0 Å². The number of nitrogens with zero attached hydrogens (tertiary/aromatic N) is 2. The maximum absolute atomic E-state index is 11.4. The number of aromatic nitrogens is 2. The van der Waals surface area contributed by atoms with Crippen LogP contribution in [-0.2, 0) is 11.2 Å². The average Bonchev–Trinajstić information content (AvgIpc) is 2.76. The fraction of sp³-hybridized carbons (Fsp3) is 0.714. The van der Waals surface area contributed by atoms with Gasteiger partial charge in [0.1, 0.15) is 0 Å². The van der Waals surface area contributed by atoms with E-state index in [1.807, 2.05) is 23.9 Å². The molecule has 2 unspecified atom stereocenters. The summed E-state index contributed by atoms with van der Waals surface area (Å²) >= 11 is 0. The Kier molecular flexibility index (Phi) is 4.93. The Hall–Kier alpha value is -1.32. The number of aliphatic carboxylic acids is 1. The maximum atomic E-state index is 11.4. The lowest BCUT2D eigenvalue weighted by molar-refractivity contribution is -0.148. The second-order valence-corrected chi connectivity index (χ2v) is 5.34. The molecule has 0 radical (unpaired) electrons. The van der Waals surface area contributed by atoms with Crippen molar-refractivity contribution in [3.8, 4) is 0 Å². The van der Waals surface area contributed by atoms with Crippen molar-refractivity contribution in [2.24, 2.45) is 5.41 Å². The summed E-state index contributed by atoms with van der Waals surface area (Å²) in [6, 6.07) is 2.30. The van der Waals surface area contributed by atoms with E-state index in [0.29, 0.717) is 18.9 Å². The van der Waals surface area contributed by atoms with Crippen molar-refractivity contribution in [2.45, 2.75) is 59.4 Å². The second-order valence-electron chi connectivity index (χ2n) is 5.34. The van der Waals surface area contributed by atoms with Crippen molar-refractivity contribution in [3.05, 3.63) is 18.0 Å². The number of hydrogen-bond donors (Lipinski definition) is 1. The Morgan fingerprint density at radius 1 is 1.56 bits per heavy atom. The van der Waals surface area contributed by atoms with Gasteiger partial charge in [0.25, 0.3) is 0 Å². The predicted molar refractivity (Wildman–Crippen MR) is 71.6 cm³/mol. The molecule has 0 bridgehead atoms. The molecule has 0 aliphatic heterocycles. The smallest absolute Gasteiger partial charge is 0.309 e. The van der Waals surface area contributed by atoms with E-state index in [1.54, 1.807) is 6.92 Å². The molecule has 0 saturated heterocycles. The maximum Gasteiger partial charge on any atom is 0.309 e. The molecule has 1 aromatic rings. The van der Waals surface area contributed by atoms with Gasteiger partial charge in [0, 0.05) is 18.7 Å². The summed E-state index contributed by atoms with van der Waals surface area (Å²) in [5.74, 6) is -0.734. The Balaban J connectivity index is 2.82. The van der Waals surface area contributed by atoms with Gasteiger partial charge in [-0.2, -0.15) is 5.10 Å². The molecular formula is C14H24N2O2. The Labute approximate surface area is 109 Å². The zero-order valence-electron chi connectivity index (χ0n) is 11.8. The van der Waals surface area contributed by atoms with Gasteiger partial charge < -0.3 is 5.11 Å². The molecule has 1 N–H and O–H groups in total. The fourth-order valence-corrected chi connectivity index (χ4v) is 2.13. The highest BCUT2D eigenvalue weighted by Crippen LogP contribution is 2.28. The molecule has 1 rings (SSSR count). The molecule has 0 aromatic carbocycles. The molecule has 4 heteroatoms. The van der Waals surface area contributed by atoms with Crippen molar-refractivity contribution in [2.75, 3.05) is 0 Å². The normalized spacial score (nSPS) is 16.2. The first-order valence-electron chi connectivity index (χ1n) is 6.70. The highest BCUT2D eigenvalue weighted by atomic mass is 16.4. The molecule has 18 heavy (non-hydrogen) atoms. The van der Waals surface area contributed by atoms with E-state index in [2.05, 4.69) is 18.9 Å². The highest BCUT2D eigenvalue weighted by molar-refractivity contribution is 5.74. The van der Waals surface area contributed by atoms with E-state index in [-0.39, 0.29) is 0 Å². The number of rotatable bonds is 7. The molecule has 0 amide bonds. The molecule has 2 atom stereocenters. The molecule has 0 saturated carbocycles. The third-order valence-corrected chi connectivity index (χ3v) is 3.60. The first kappa shape index (κ1) is 14.7. The van der Waals surface area contributed by atoms with Gasteiger partial charge in [0.15, 0.2) is 0 Å². The minimum Gasteiger partial charge on any atom is -0.481 e. The van der Waals surface area contributed by atoms with Crippen LogP contribution in [0.5, 0.6) is 0 Å².